The Hall–Kier alpha value is -0.200. The summed E-state index contributed by atoms with van der Waals surface area (Å²) in [5.41, 5.74) is 4.75. The van der Waals surface area contributed by atoms with E-state index in [2.05, 4.69) is 62.3 Å². The average molecular weight is 404 g/mol. The van der Waals surface area contributed by atoms with E-state index in [0.717, 1.165) is 12.8 Å². The van der Waals surface area contributed by atoms with Gasteiger partial charge in [-0.15, -0.1) is 0 Å². The maximum atomic E-state index is 6.35. The van der Waals surface area contributed by atoms with Crippen LogP contribution in [0.3, 0.4) is 0 Å². The topological polar surface area (TPSA) is 62.9 Å². The van der Waals surface area contributed by atoms with Gasteiger partial charge in [0.25, 0.3) is 0 Å². The summed E-state index contributed by atoms with van der Waals surface area (Å²) in [5, 5.41) is 0. The molecule has 0 radical (unpaired) electrons. The maximum Gasteiger partial charge on any atom is 0.115 e. The highest BCUT2D eigenvalue weighted by Gasteiger charge is 2.34. The molecule has 0 saturated heterocycles. The van der Waals surface area contributed by atoms with Crippen LogP contribution < -0.4 is 5.73 Å². The van der Waals surface area contributed by atoms with Gasteiger partial charge < -0.3 is 24.7 Å². The second-order valence-electron chi connectivity index (χ2n) is 10.8. The predicted molar refractivity (Wildman–Crippen MR) is 118 cm³/mol. The quantitative estimate of drug-likeness (QED) is 0.406. The Morgan fingerprint density at radius 1 is 0.786 bits per heavy atom. The van der Waals surface area contributed by atoms with Crippen molar-refractivity contribution in [3.05, 3.63) is 0 Å². The van der Waals surface area contributed by atoms with Crippen LogP contribution in [-0.4, -0.2) is 49.5 Å². The molecule has 170 valence electrons. The summed E-state index contributed by atoms with van der Waals surface area (Å²) in [6.45, 7) is 23.1. The summed E-state index contributed by atoms with van der Waals surface area (Å²) in [6, 6.07) is 0. The maximum absolute atomic E-state index is 6.35. The Bertz CT molecular complexity index is 425. The summed E-state index contributed by atoms with van der Waals surface area (Å²) >= 11 is 0. The molecule has 28 heavy (non-hydrogen) atoms. The van der Waals surface area contributed by atoms with Crippen molar-refractivity contribution in [1.82, 2.24) is 0 Å². The summed E-state index contributed by atoms with van der Waals surface area (Å²) in [4.78, 5) is 0. The first-order chi connectivity index (χ1) is 12.5. The second kappa shape index (κ2) is 11.3. The number of rotatable bonds is 14. The van der Waals surface area contributed by atoms with E-state index < -0.39 is 5.72 Å². The minimum absolute atomic E-state index is 0.119. The minimum atomic E-state index is -0.658. The molecule has 0 aromatic carbocycles. The molecule has 0 rings (SSSR count). The molecule has 0 aromatic heterocycles. The third-order valence-corrected chi connectivity index (χ3v) is 5.19. The van der Waals surface area contributed by atoms with Gasteiger partial charge in [-0.1, -0.05) is 13.8 Å². The fraction of sp³-hybridized carbons (Fsp3) is 1.00. The number of methoxy groups -OCH3 is 1. The molecule has 0 saturated carbocycles. The molecular weight excluding hydrogens is 354 g/mol. The van der Waals surface area contributed by atoms with Gasteiger partial charge in [0.1, 0.15) is 5.72 Å². The lowest BCUT2D eigenvalue weighted by Gasteiger charge is -2.38. The molecule has 0 aliphatic carbocycles. The summed E-state index contributed by atoms with van der Waals surface area (Å²) in [6.07, 6.45) is 2.56. The first-order valence-electron chi connectivity index (χ1n) is 10.8. The lowest BCUT2D eigenvalue weighted by atomic mass is 9.84. The van der Waals surface area contributed by atoms with Crippen LogP contribution >= 0.6 is 0 Å². The minimum Gasteiger partial charge on any atom is -0.376 e. The standard InChI is InChI=1S/C23H49NO4/c1-18(2)16-19(22(8,9)27-15-13-23(10,24)25-11)17-28-21(6,7)12-14-26-20(3,4)5/h18-19H,12-17,24H2,1-11H3. The van der Waals surface area contributed by atoms with Crippen LogP contribution in [0.25, 0.3) is 0 Å². The van der Waals surface area contributed by atoms with Gasteiger partial charge in [0, 0.05) is 26.1 Å². The number of nitrogens with two attached hydrogens (primary N) is 1. The molecule has 0 aromatic rings. The molecule has 5 heteroatoms. The zero-order valence-electron chi connectivity index (χ0n) is 20.6. The van der Waals surface area contributed by atoms with Gasteiger partial charge in [-0.25, -0.2) is 0 Å². The van der Waals surface area contributed by atoms with Crippen LogP contribution in [0.15, 0.2) is 0 Å². The first kappa shape index (κ1) is 27.8. The Labute approximate surface area is 175 Å². The molecule has 0 bridgehead atoms. The summed E-state index contributed by atoms with van der Waals surface area (Å²) in [7, 11) is 1.63. The van der Waals surface area contributed by atoms with Gasteiger partial charge >= 0.3 is 0 Å². The Morgan fingerprint density at radius 2 is 1.32 bits per heavy atom. The van der Waals surface area contributed by atoms with Crippen LogP contribution in [0.5, 0.6) is 0 Å². The van der Waals surface area contributed by atoms with E-state index in [1.165, 1.54) is 0 Å². The molecule has 0 fully saturated rings. The van der Waals surface area contributed by atoms with Crippen LogP contribution in [0.2, 0.25) is 0 Å². The van der Waals surface area contributed by atoms with E-state index in [-0.39, 0.29) is 16.8 Å². The highest BCUT2D eigenvalue weighted by atomic mass is 16.5. The Balaban J connectivity index is 4.78. The largest absolute Gasteiger partial charge is 0.376 e. The third-order valence-electron chi connectivity index (χ3n) is 5.19. The van der Waals surface area contributed by atoms with E-state index in [1.807, 2.05) is 6.92 Å². The lowest BCUT2D eigenvalue weighted by molar-refractivity contribution is -0.132. The van der Waals surface area contributed by atoms with Gasteiger partial charge in [-0.3, -0.25) is 0 Å². The molecule has 2 atom stereocenters. The monoisotopic (exact) mass is 403 g/mol. The third kappa shape index (κ3) is 13.1. The number of hydrogen-bond acceptors (Lipinski definition) is 5. The summed E-state index contributed by atoms with van der Waals surface area (Å²) < 4.78 is 23.8. The van der Waals surface area contributed by atoms with E-state index in [4.69, 9.17) is 24.7 Å². The van der Waals surface area contributed by atoms with Crippen LogP contribution in [-0.2, 0) is 18.9 Å². The van der Waals surface area contributed by atoms with Crippen molar-refractivity contribution in [2.75, 3.05) is 26.9 Å². The van der Waals surface area contributed by atoms with Gasteiger partial charge in [0.05, 0.1) is 30.0 Å². The normalized spacial score (nSPS) is 17.0. The molecule has 0 spiro atoms. The lowest BCUT2D eigenvalue weighted by Crippen LogP contribution is -2.43. The van der Waals surface area contributed by atoms with Crippen molar-refractivity contribution in [1.29, 1.82) is 0 Å². The molecule has 2 unspecified atom stereocenters. The molecule has 5 nitrogen and oxygen atoms in total. The second-order valence-corrected chi connectivity index (χ2v) is 10.8. The van der Waals surface area contributed by atoms with E-state index in [1.54, 1.807) is 7.11 Å². The molecule has 0 aliphatic heterocycles. The highest BCUT2D eigenvalue weighted by molar-refractivity contribution is 4.83. The smallest absolute Gasteiger partial charge is 0.115 e. The zero-order valence-corrected chi connectivity index (χ0v) is 20.6. The molecule has 2 N–H and O–H groups in total. The number of hydrogen-bond donors (Lipinski definition) is 1. The van der Waals surface area contributed by atoms with E-state index in [9.17, 15) is 0 Å². The molecule has 0 heterocycles. The van der Waals surface area contributed by atoms with E-state index >= 15 is 0 Å². The fourth-order valence-corrected chi connectivity index (χ4v) is 2.86. The predicted octanol–water partition coefficient (Wildman–Crippen LogP) is 5.16. The average Bonchev–Trinajstić information content (AvgIpc) is 2.49. The van der Waals surface area contributed by atoms with E-state index in [0.29, 0.717) is 38.1 Å². The fourth-order valence-electron chi connectivity index (χ4n) is 2.86. The number of ether oxygens (including phenoxy) is 4. The first-order valence-corrected chi connectivity index (χ1v) is 10.8. The van der Waals surface area contributed by atoms with Gasteiger partial charge in [-0.2, -0.15) is 0 Å². The molecule has 0 aliphatic rings. The SMILES string of the molecule is COC(C)(N)CCOC(C)(C)C(COC(C)(C)CCOC(C)(C)C)CC(C)C. The van der Waals surface area contributed by atoms with Crippen molar-refractivity contribution in [2.24, 2.45) is 17.6 Å². The van der Waals surface area contributed by atoms with Crippen molar-refractivity contribution in [2.45, 2.75) is 111 Å². The van der Waals surface area contributed by atoms with Gasteiger partial charge in [-0.05, 0) is 74.1 Å². The molecule has 0 amide bonds. The van der Waals surface area contributed by atoms with Gasteiger partial charge in [0.2, 0.25) is 0 Å². The van der Waals surface area contributed by atoms with Crippen molar-refractivity contribution in [3.8, 4) is 0 Å². The van der Waals surface area contributed by atoms with Crippen molar-refractivity contribution >= 4 is 0 Å². The summed E-state index contributed by atoms with van der Waals surface area (Å²) in [5.74, 6) is 0.865. The zero-order chi connectivity index (χ0) is 22.2. The van der Waals surface area contributed by atoms with Crippen LogP contribution in [0.1, 0.15) is 88.5 Å². The van der Waals surface area contributed by atoms with Crippen LogP contribution in [0, 0.1) is 11.8 Å². The van der Waals surface area contributed by atoms with Crippen molar-refractivity contribution < 1.29 is 18.9 Å². The molecular formula is C23H49NO4. The Morgan fingerprint density at radius 3 is 1.79 bits per heavy atom. The highest BCUT2D eigenvalue weighted by Crippen LogP contribution is 2.30. The van der Waals surface area contributed by atoms with Gasteiger partial charge in [0.15, 0.2) is 0 Å². The van der Waals surface area contributed by atoms with Crippen molar-refractivity contribution in [3.63, 3.8) is 0 Å². The van der Waals surface area contributed by atoms with Crippen LogP contribution in [0.4, 0.5) is 0 Å². The Kier molecular flexibility index (Phi) is 11.2.